The minimum Gasteiger partial charge on any atom is -0.508 e. The Morgan fingerprint density at radius 2 is 2.04 bits per heavy atom. The predicted octanol–water partition coefficient (Wildman–Crippen LogP) is 3.24. The Hall–Kier alpha value is -2.51. The Balaban J connectivity index is 1.70. The molecule has 148 valence electrons. The number of likely N-dealkylation sites (N-methyl/N-ethyl adjacent to an activating group) is 1. The van der Waals surface area contributed by atoms with E-state index in [-0.39, 0.29) is 11.4 Å². The molecule has 28 heavy (non-hydrogen) atoms. The number of phenols is 1. The lowest BCUT2D eigenvalue weighted by molar-refractivity contribution is 0.311. The molecule has 3 heterocycles. The molecule has 6 nitrogen and oxygen atoms in total. The molecule has 2 aromatic heterocycles. The lowest BCUT2D eigenvalue weighted by Gasteiger charge is -2.34. The molecule has 1 aliphatic rings. The summed E-state index contributed by atoms with van der Waals surface area (Å²) in [5.41, 5.74) is 1.41. The molecule has 1 aliphatic heterocycles. The first kappa shape index (κ1) is 18.8. The van der Waals surface area contributed by atoms with Gasteiger partial charge in [0.1, 0.15) is 22.8 Å². The van der Waals surface area contributed by atoms with Crippen LogP contribution in [0.4, 0.5) is 5.69 Å². The smallest absolute Gasteiger partial charge is 0.360 e. The number of benzene rings is 1. The normalized spacial score (nSPS) is 15.3. The molecule has 7 heteroatoms. The number of piperazine rings is 1. The lowest BCUT2D eigenvalue weighted by atomic mass is 10.1. The number of thiophene rings is 1. The Kier molecular flexibility index (Phi) is 5.28. The zero-order valence-corrected chi connectivity index (χ0v) is 16.9. The van der Waals surface area contributed by atoms with E-state index < -0.39 is 0 Å². The molecule has 3 aromatic rings. The maximum Gasteiger partial charge on any atom is 0.360 e. The van der Waals surface area contributed by atoms with Gasteiger partial charge in [0.2, 0.25) is 0 Å². The summed E-state index contributed by atoms with van der Waals surface area (Å²) < 4.78 is 11.6. The van der Waals surface area contributed by atoms with E-state index in [9.17, 15) is 9.90 Å². The topological polar surface area (TPSA) is 66.2 Å². The van der Waals surface area contributed by atoms with Crippen LogP contribution < -0.4 is 15.3 Å². The predicted molar refractivity (Wildman–Crippen MR) is 112 cm³/mol. The number of aryl methyl sites for hydroxylation is 1. The average molecular weight is 401 g/mol. The highest BCUT2D eigenvalue weighted by Crippen LogP contribution is 2.36. The Morgan fingerprint density at radius 1 is 1.25 bits per heavy atom. The van der Waals surface area contributed by atoms with Gasteiger partial charge in [0.05, 0.1) is 12.0 Å². The first-order valence-corrected chi connectivity index (χ1v) is 10.3. The quantitative estimate of drug-likeness (QED) is 0.664. The van der Waals surface area contributed by atoms with Gasteiger partial charge in [0, 0.05) is 49.6 Å². The number of fused-ring (bicyclic) bond motifs is 1. The summed E-state index contributed by atoms with van der Waals surface area (Å²) in [6.07, 6.45) is 0.788. The molecule has 1 N–H and O–H groups in total. The molecule has 0 aliphatic carbocycles. The molecule has 1 fully saturated rings. The van der Waals surface area contributed by atoms with Gasteiger partial charge in [-0.1, -0.05) is 6.07 Å². The second-order valence-electron chi connectivity index (χ2n) is 7.15. The van der Waals surface area contributed by atoms with Crippen LogP contribution in [0.2, 0.25) is 0 Å². The maximum atomic E-state index is 12.7. The number of nitrogens with zero attached hydrogens (tertiary/aromatic N) is 2. The molecule has 4 rings (SSSR count). The number of ether oxygens (including phenoxy) is 1. The molecule has 1 saturated heterocycles. The van der Waals surface area contributed by atoms with Crippen molar-refractivity contribution < 1.29 is 14.3 Å². The number of anilines is 1. The van der Waals surface area contributed by atoms with Gasteiger partial charge in [0.15, 0.2) is 0 Å². The molecule has 0 unspecified atom stereocenters. The highest BCUT2D eigenvalue weighted by molar-refractivity contribution is 7.09. The number of aromatic hydroxyl groups is 1. The minimum atomic E-state index is -0.371. The van der Waals surface area contributed by atoms with Crippen LogP contribution in [0.15, 0.2) is 38.9 Å². The van der Waals surface area contributed by atoms with Gasteiger partial charge in [-0.2, -0.15) is 0 Å². The van der Waals surface area contributed by atoms with Crippen molar-refractivity contribution in [3.63, 3.8) is 0 Å². The first-order chi connectivity index (χ1) is 13.5. The molecule has 1 aromatic carbocycles. The van der Waals surface area contributed by atoms with Crippen molar-refractivity contribution >= 4 is 28.0 Å². The van der Waals surface area contributed by atoms with E-state index in [4.69, 9.17) is 9.15 Å². The van der Waals surface area contributed by atoms with E-state index in [0.717, 1.165) is 43.5 Å². The molecular formula is C21H24N2O4S. The lowest BCUT2D eigenvalue weighted by Crippen LogP contribution is -2.46. The van der Waals surface area contributed by atoms with E-state index >= 15 is 0 Å². The van der Waals surface area contributed by atoms with Crippen LogP contribution in [0.1, 0.15) is 10.4 Å². The number of rotatable bonds is 5. The van der Waals surface area contributed by atoms with E-state index in [0.29, 0.717) is 23.6 Å². The van der Waals surface area contributed by atoms with Crippen molar-refractivity contribution in [2.45, 2.75) is 13.3 Å². The van der Waals surface area contributed by atoms with Crippen LogP contribution in [0.5, 0.6) is 11.5 Å². The molecule has 0 atom stereocenters. The zero-order valence-electron chi connectivity index (χ0n) is 16.1. The minimum absolute atomic E-state index is 0.0218. The van der Waals surface area contributed by atoms with Crippen molar-refractivity contribution in [3.8, 4) is 11.5 Å². The summed E-state index contributed by atoms with van der Waals surface area (Å²) >= 11 is 1.69. The second-order valence-corrected chi connectivity index (χ2v) is 8.18. The third kappa shape index (κ3) is 3.72. The molecule has 0 radical (unpaired) electrons. The SMILES string of the molecule is Cc1c(N2CCN(C)CC2)c(=O)oc2cc(O)cc(OCCc3cccs3)c12. The third-order valence-electron chi connectivity index (χ3n) is 5.18. The van der Waals surface area contributed by atoms with Crippen LogP contribution in [0.25, 0.3) is 11.0 Å². The fourth-order valence-corrected chi connectivity index (χ4v) is 4.36. The Labute approximate surface area is 167 Å². The van der Waals surface area contributed by atoms with Crippen molar-refractivity contribution in [2.75, 3.05) is 44.7 Å². The number of hydrogen-bond donors (Lipinski definition) is 1. The summed E-state index contributed by atoms with van der Waals surface area (Å²) in [4.78, 5) is 18.3. The highest BCUT2D eigenvalue weighted by Gasteiger charge is 2.23. The van der Waals surface area contributed by atoms with E-state index in [1.54, 1.807) is 17.4 Å². The van der Waals surface area contributed by atoms with E-state index in [1.165, 1.54) is 10.9 Å². The summed E-state index contributed by atoms with van der Waals surface area (Å²) in [6, 6.07) is 7.16. The van der Waals surface area contributed by atoms with Gasteiger partial charge in [-0.05, 0) is 31.0 Å². The molecule has 0 amide bonds. The third-order valence-corrected chi connectivity index (χ3v) is 6.12. The van der Waals surface area contributed by atoms with Crippen molar-refractivity contribution in [2.24, 2.45) is 0 Å². The largest absolute Gasteiger partial charge is 0.508 e. The summed E-state index contributed by atoms with van der Waals surface area (Å²) in [5, 5.41) is 12.9. The fraction of sp³-hybridized carbons (Fsp3) is 0.381. The first-order valence-electron chi connectivity index (χ1n) is 9.42. The van der Waals surface area contributed by atoms with E-state index in [1.807, 2.05) is 18.4 Å². The molecule has 0 saturated carbocycles. The van der Waals surface area contributed by atoms with Crippen LogP contribution >= 0.6 is 11.3 Å². The van der Waals surface area contributed by atoms with Gasteiger partial charge < -0.3 is 24.1 Å². The Morgan fingerprint density at radius 3 is 2.75 bits per heavy atom. The van der Waals surface area contributed by atoms with Gasteiger partial charge in [-0.3, -0.25) is 0 Å². The van der Waals surface area contributed by atoms with Crippen molar-refractivity contribution in [3.05, 3.63) is 50.5 Å². The van der Waals surface area contributed by atoms with Crippen LogP contribution in [-0.4, -0.2) is 49.8 Å². The van der Waals surface area contributed by atoms with Gasteiger partial charge >= 0.3 is 5.63 Å². The highest BCUT2D eigenvalue weighted by atomic mass is 32.1. The molecule has 0 bridgehead atoms. The zero-order chi connectivity index (χ0) is 19.7. The maximum absolute atomic E-state index is 12.7. The van der Waals surface area contributed by atoms with Gasteiger partial charge in [-0.25, -0.2) is 4.79 Å². The van der Waals surface area contributed by atoms with Gasteiger partial charge in [-0.15, -0.1) is 11.3 Å². The summed E-state index contributed by atoms with van der Waals surface area (Å²) in [6.45, 7) is 5.77. The molecular weight excluding hydrogens is 376 g/mol. The second kappa shape index (κ2) is 7.85. The standard InChI is InChI=1S/C21H24N2O4S/c1-14-19-17(26-10-5-16-4-3-11-28-16)12-15(24)13-18(19)27-21(25)20(14)23-8-6-22(2)7-9-23/h3-4,11-13,24H,5-10H2,1-2H3. The summed E-state index contributed by atoms with van der Waals surface area (Å²) in [7, 11) is 2.08. The summed E-state index contributed by atoms with van der Waals surface area (Å²) in [5.74, 6) is 0.566. The van der Waals surface area contributed by atoms with Crippen molar-refractivity contribution in [1.29, 1.82) is 0 Å². The number of hydrogen-bond acceptors (Lipinski definition) is 7. The van der Waals surface area contributed by atoms with Crippen LogP contribution in [0, 0.1) is 6.92 Å². The van der Waals surface area contributed by atoms with Gasteiger partial charge in [0.25, 0.3) is 0 Å². The average Bonchev–Trinajstić information content (AvgIpc) is 3.16. The Bertz CT molecular complexity index is 1020. The fourth-order valence-electron chi connectivity index (χ4n) is 3.67. The van der Waals surface area contributed by atoms with Crippen LogP contribution in [0.3, 0.4) is 0 Å². The number of phenolic OH excluding ortho intramolecular Hbond substituents is 1. The van der Waals surface area contributed by atoms with Crippen LogP contribution in [-0.2, 0) is 6.42 Å². The van der Waals surface area contributed by atoms with Crippen molar-refractivity contribution in [1.82, 2.24) is 4.90 Å². The molecule has 0 spiro atoms. The monoisotopic (exact) mass is 400 g/mol. The van der Waals surface area contributed by atoms with E-state index in [2.05, 4.69) is 22.9 Å².